The summed E-state index contributed by atoms with van der Waals surface area (Å²) < 4.78 is 10.8. The molecule has 2 rings (SSSR count). The van der Waals surface area contributed by atoms with Gasteiger partial charge in [-0.05, 0) is 50.6 Å². The maximum absolute atomic E-state index is 5.47. The van der Waals surface area contributed by atoms with Crippen LogP contribution in [0.3, 0.4) is 0 Å². The Morgan fingerprint density at radius 3 is 2.60 bits per heavy atom. The molecule has 0 aliphatic heterocycles. The smallest absolute Gasteiger partial charge is 0.141 e. The van der Waals surface area contributed by atoms with Crippen molar-refractivity contribution in [3.05, 3.63) is 23.8 Å². The van der Waals surface area contributed by atoms with Gasteiger partial charge in [0.2, 0.25) is 0 Å². The number of rotatable bonds is 8. The fourth-order valence-electron chi connectivity index (χ4n) is 2.50. The van der Waals surface area contributed by atoms with Crippen LogP contribution in [-0.4, -0.2) is 45.9 Å². The fourth-order valence-corrected chi connectivity index (χ4v) is 2.50. The van der Waals surface area contributed by atoms with E-state index in [1.54, 1.807) is 14.2 Å². The average molecular weight is 278 g/mol. The monoisotopic (exact) mass is 278 g/mol. The SMILES string of the molecule is COCC(Nc1cc(CN(C)C)ccc1OC)C1CC1. The number of nitrogens with zero attached hydrogens (tertiary/aromatic N) is 1. The van der Waals surface area contributed by atoms with Crippen molar-refractivity contribution < 1.29 is 9.47 Å². The molecule has 1 saturated carbocycles. The number of hydrogen-bond donors (Lipinski definition) is 1. The molecule has 1 atom stereocenters. The van der Waals surface area contributed by atoms with Crippen molar-refractivity contribution in [3.8, 4) is 5.75 Å². The first-order valence-corrected chi connectivity index (χ1v) is 7.21. The predicted octanol–water partition coefficient (Wildman–Crippen LogP) is 2.59. The molecule has 4 heteroatoms. The van der Waals surface area contributed by atoms with E-state index in [9.17, 15) is 0 Å². The summed E-state index contributed by atoms with van der Waals surface area (Å²) in [6.45, 7) is 1.67. The van der Waals surface area contributed by atoms with Gasteiger partial charge in [0.05, 0.1) is 25.4 Å². The summed E-state index contributed by atoms with van der Waals surface area (Å²) in [4.78, 5) is 2.17. The van der Waals surface area contributed by atoms with Crippen LogP contribution in [-0.2, 0) is 11.3 Å². The quantitative estimate of drug-likeness (QED) is 0.792. The summed E-state index contributed by atoms with van der Waals surface area (Å²) >= 11 is 0. The van der Waals surface area contributed by atoms with Gasteiger partial charge in [-0.3, -0.25) is 0 Å². The second-order valence-corrected chi connectivity index (χ2v) is 5.82. The van der Waals surface area contributed by atoms with Gasteiger partial charge in [-0.15, -0.1) is 0 Å². The third-order valence-corrected chi connectivity index (χ3v) is 3.64. The summed E-state index contributed by atoms with van der Waals surface area (Å²) in [6.07, 6.45) is 2.58. The number of hydrogen-bond acceptors (Lipinski definition) is 4. The summed E-state index contributed by atoms with van der Waals surface area (Å²) in [5.41, 5.74) is 2.35. The maximum Gasteiger partial charge on any atom is 0.141 e. The van der Waals surface area contributed by atoms with Crippen LogP contribution in [0.1, 0.15) is 18.4 Å². The molecule has 1 aliphatic rings. The van der Waals surface area contributed by atoms with Gasteiger partial charge in [-0.1, -0.05) is 6.07 Å². The lowest BCUT2D eigenvalue weighted by Crippen LogP contribution is -2.27. The summed E-state index contributed by atoms with van der Waals surface area (Å²) in [6, 6.07) is 6.72. The lowest BCUT2D eigenvalue weighted by molar-refractivity contribution is 0.179. The van der Waals surface area contributed by atoms with Gasteiger partial charge in [-0.25, -0.2) is 0 Å². The Balaban J connectivity index is 2.13. The van der Waals surface area contributed by atoms with Crippen molar-refractivity contribution in [2.24, 2.45) is 5.92 Å². The van der Waals surface area contributed by atoms with Crippen molar-refractivity contribution in [1.82, 2.24) is 4.90 Å². The molecule has 0 spiro atoms. The van der Waals surface area contributed by atoms with Gasteiger partial charge >= 0.3 is 0 Å². The zero-order chi connectivity index (χ0) is 14.5. The van der Waals surface area contributed by atoms with E-state index < -0.39 is 0 Å². The Kier molecular flexibility index (Phi) is 5.26. The molecule has 0 bridgehead atoms. The number of methoxy groups -OCH3 is 2. The first kappa shape index (κ1) is 15.1. The molecular weight excluding hydrogens is 252 g/mol. The van der Waals surface area contributed by atoms with E-state index in [2.05, 4.69) is 36.4 Å². The minimum atomic E-state index is 0.378. The first-order chi connectivity index (χ1) is 9.63. The van der Waals surface area contributed by atoms with Gasteiger partial charge in [-0.2, -0.15) is 0 Å². The molecule has 1 aliphatic carbocycles. The standard InChI is InChI=1S/C16H26N2O2/c1-18(2)10-12-5-8-16(20-4)14(9-12)17-15(11-19-3)13-6-7-13/h5,8-9,13,15,17H,6-7,10-11H2,1-4H3. The van der Waals surface area contributed by atoms with Crippen LogP contribution in [0.25, 0.3) is 0 Å². The average Bonchev–Trinajstić information content (AvgIpc) is 3.22. The molecule has 20 heavy (non-hydrogen) atoms. The zero-order valence-corrected chi connectivity index (χ0v) is 13.0. The van der Waals surface area contributed by atoms with Crippen LogP contribution in [0.4, 0.5) is 5.69 Å². The van der Waals surface area contributed by atoms with Crippen molar-refractivity contribution in [1.29, 1.82) is 0 Å². The van der Waals surface area contributed by atoms with Crippen LogP contribution < -0.4 is 10.1 Å². The first-order valence-electron chi connectivity index (χ1n) is 7.21. The molecule has 0 amide bonds. The highest BCUT2D eigenvalue weighted by Gasteiger charge is 2.31. The molecule has 4 nitrogen and oxygen atoms in total. The molecule has 1 aromatic rings. The van der Waals surface area contributed by atoms with Gasteiger partial charge in [0.25, 0.3) is 0 Å². The Bertz CT molecular complexity index is 430. The molecular formula is C16H26N2O2. The number of nitrogens with one attached hydrogen (secondary N) is 1. The van der Waals surface area contributed by atoms with E-state index in [0.717, 1.165) is 30.5 Å². The van der Waals surface area contributed by atoms with Gasteiger partial charge in [0, 0.05) is 13.7 Å². The predicted molar refractivity (Wildman–Crippen MR) is 82.4 cm³/mol. The lowest BCUT2D eigenvalue weighted by atomic mass is 10.1. The van der Waals surface area contributed by atoms with Gasteiger partial charge in [0.15, 0.2) is 0 Å². The normalized spacial score (nSPS) is 16.2. The largest absolute Gasteiger partial charge is 0.495 e. The molecule has 1 unspecified atom stereocenters. The second kappa shape index (κ2) is 6.95. The van der Waals surface area contributed by atoms with E-state index in [0.29, 0.717) is 6.04 Å². The van der Waals surface area contributed by atoms with Crippen molar-refractivity contribution >= 4 is 5.69 Å². The lowest BCUT2D eigenvalue weighted by Gasteiger charge is -2.21. The Labute approximate surface area is 122 Å². The molecule has 0 aromatic heterocycles. The highest BCUT2D eigenvalue weighted by Crippen LogP contribution is 2.36. The van der Waals surface area contributed by atoms with Crippen LogP contribution in [0.15, 0.2) is 18.2 Å². The Hall–Kier alpha value is -1.26. The minimum Gasteiger partial charge on any atom is -0.495 e. The van der Waals surface area contributed by atoms with Crippen molar-refractivity contribution in [2.45, 2.75) is 25.4 Å². The highest BCUT2D eigenvalue weighted by molar-refractivity contribution is 5.59. The number of benzene rings is 1. The van der Waals surface area contributed by atoms with Gasteiger partial charge < -0.3 is 19.7 Å². The van der Waals surface area contributed by atoms with Crippen molar-refractivity contribution in [2.75, 3.05) is 40.2 Å². The summed E-state index contributed by atoms with van der Waals surface area (Å²) in [5.74, 6) is 1.63. The van der Waals surface area contributed by atoms with E-state index in [1.165, 1.54) is 18.4 Å². The summed E-state index contributed by atoms with van der Waals surface area (Å²) in [7, 11) is 7.63. The fraction of sp³-hybridized carbons (Fsp3) is 0.625. The van der Waals surface area contributed by atoms with E-state index in [1.807, 2.05) is 6.07 Å². The zero-order valence-electron chi connectivity index (χ0n) is 13.0. The molecule has 0 heterocycles. The molecule has 1 fully saturated rings. The van der Waals surface area contributed by atoms with E-state index >= 15 is 0 Å². The van der Waals surface area contributed by atoms with Crippen LogP contribution >= 0.6 is 0 Å². The number of ether oxygens (including phenoxy) is 2. The van der Waals surface area contributed by atoms with E-state index in [4.69, 9.17) is 9.47 Å². The molecule has 0 radical (unpaired) electrons. The maximum atomic E-state index is 5.47. The topological polar surface area (TPSA) is 33.7 Å². The molecule has 0 saturated heterocycles. The van der Waals surface area contributed by atoms with Crippen LogP contribution in [0, 0.1) is 5.92 Å². The molecule has 112 valence electrons. The van der Waals surface area contributed by atoms with Crippen LogP contribution in [0.5, 0.6) is 5.75 Å². The number of anilines is 1. The second-order valence-electron chi connectivity index (χ2n) is 5.82. The molecule has 1 N–H and O–H groups in total. The van der Waals surface area contributed by atoms with E-state index in [-0.39, 0.29) is 0 Å². The van der Waals surface area contributed by atoms with Crippen molar-refractivity contribution in [3.63, 3.8) is 0 Å². The van der Waals surface area contributed by atoms with Crippen LogP contribution in [0.2, 0.25) is 0 Å². The molecule has 1 aromatic carbocycles. The highest BCUT2D eigenvalue weighted by atomic mass is 16.5. The third kappa shape index (κ3) is 4.12. The van der Waals surface area contributed by atoms with Gasteiger partial charge in [0.1, 0.15) is 5.75 Å². The Morgan fingerprint density at radius 1 is 1.30 bits per heavy atom. The third-order valence-electron chi connectivity index (χ3n) is 3.64. The minimum absolute atomic E-state index is 0.378. The summed E-state index contributed by atoms with van der Waals surface area (Å²) in [5, 5.41) is 3.61. The Morgan fingerprint density at radius 2 is 2.05 bits per heavy atom.